The first-order valence-corrected chi connectivity index (χ1v) is 7.28. The predicted octanol–water partition coefficient (Wildman–Crippen LogP) is 3.12. The number of hydrogen-bond acceptors (Lipinski definition) is 3. The number of halogens is 1. The molecule has 0 unspecified atom stereocenters. The van der Waals surface area contributed by atoms with Crippen molar-refractivity contribution in [2.75, 3.05) is 16.8 Å². The molecule has 1 atom stereocenters. The highest BCUT2D eigenvalue weighted by molar-refractivity contribution is 6.32. The SMILES string of the molecule is C[C@H]1Cc2ccccc2N1CC(=O)Nc1cccnc1Cl. The Hall–Kier alpha value is -2.07. The molecular weight excluding hydrogens is 286 g/mol. The lowest BCUT2D eigenvalue weighted by atomic mass is 10.1. The number of fused-ring (bicyclic) bond motifs is 1. The van der Waals surface area contributed by atoms with Crippen molar-refractivity contribution >= 4 is 28.9 Å². The van der Waals surface area contributed by atoms with Gasteiger partial charge in [-0.3, -0.25) is 4.79 Å². The van der Waals surface area contributed by atoms with Crippen LogP contribution in [0.25, 0.3) is 0 Å². The van der Waals surface area contributed by atoms with Gasteiger partial charge in [-0.1, -0.05) is 29.8 Å². The molecule has 0 saturated carbocycles. The van der Waals surface area contributed by atoms with E-state index in [1.165, 1.54) is 5.56 Å². The van der Waals surface area contributed by atoms with E-state index in [9.17, 15) is 4.79 Å². The Morgan fingerprint density at radius 3 is 3.00 bits per heavy atom. The summed E-state index contributed by atoms with van der Waals surface area (Å²) >= 11 is 5.96. The van der Waals surface area contributed by atoms with Crippen LogP contribution in [0.2, 0.25) is 5.15 Å². The summed E-state index contributed by atoms with van der Waals surface area (Å²) in [6.07, 6.45) is 2.56. The number of rotatable bonds is 3. The molecule has 0 radical (unpaired) electrons. The number of carbonyl (C=O) groups is 1. The molecule has 1 amide bonds. The normalized spacial score (nSPS) is 16.7. The van der Waals surface area contributed by atoms with E-state index in [4.69, 9.17) is 11.6 Å². The number of amides is 1. The maximum absolute atomic E-state index is 12.2. The summed E-state index contributed by atoms with van der Waals surface area (Å²) in [5, 5.41) is 3.12. The number of aromatic nitrogens is 1. The maximum atomic E-state index is 12.2. The molecule has 1 aromatic heterocycles. The van der Waals surface area contributed by atoms with E-state index in [-0.39, 0.29) is 5.91 Å². The van der Waals surface area contributed by atoms with E-state index in [2.05, 4.69) is 34.3 Å². The van der Waals surface area contributed by atoms with E-state index in [1.807, 2.05) is 12.1 Å². The number of hydrogen-bond donors (Lipinski definition) is 1. The fraction of sp³-hybridized carbons (Fsp3) is 0.250. The van der Waals surface area contributed by atoms with E-state index in [1.54, 1.807) is 18.3 Å². The van der Waals surface area contributed by atoms with Crippen LogP contribution in [0, 0.1) is 0 Å². The van der Waals surface area contributed by atoms with Gasteiger partial charge in [0.15, 0.2) is 5.15 Å². The van der Waals surface area contributed by atoms with Gasteiger partial charge in [0.2, 0.25) is 5.91 Å². The molecule has 0 fully saturated rings. The number of benzene rings is 1. The molecule has 0 bridgehead atoms. The van der Waals surface area contributed by atoms with Crippen LogP contribution in [0.1, 0.15) is 12.5 Å². The van der Waals surface area contributed by atoms with Crippen LogP contribution in [0.4, 0.5) is 11.4 Å². The lowest BCUT2D eigenvalue weighted by Gasteiger charge is -2.24. The second-order valence-corrected chi connectivity index (χ2v) is 5.56. The standard InChI is InChI=1S/C16H16ClN3O/c1-11-9-12-5-2-3-7-14(12)20(11)10-15(21)19-13-6-4-8-18-16(13)17/h2-8,11H,9-10H2,1H3,(H,19,21)/t11-/m0/s1. The van der Waals surface area contributed by atoms with Crippen molar-refractivity contribution in [1.82, 2.24) is 4.98 Å². The molecule has 1 aromatic carbocycles. The Morgan fingerprint density at radius 1 is 1.38 bits per heavy atom. The summed E-state index contributed by atoms with van der Waals surface area (Å²) in [7, 11) is 0. The number of anilines is 2. The molecule has 21 heavy (non-hydrogen) atoms. The maximum Gasteiger partial charge on any atom is 0.243 e. The van der Waals surface area contributed by atoms with Crippen molar-refractivity contribution in [3.63, 3.8) is 0 Å². The smallest absolute Gasteiger partial charge is 0.243 e. The fourth-order valence-electron chi connectivity index (χ4n) is 2.69. The van der Waals surface area contributed by atoms with Gasteiger partial charge in [-0.25, -0.2) is 4.98 Å². The van der Waals surface area contributed by atoms with Crippen molar-refractivity contribution in [1.29, 1.82) is 0 Å². The van der Waals surface area contributed by atoms with Gasteiger partial charge in [-0.2, -0.15) is 0 Å². The van der Waals surface area contributed by atoms with Crippen LogP contribution < -0.4 is 10.2 Å². The molecule has 2 heterocycles. The molecule has 0 spiro atoms. The summed E-state index contributed by atoms with van der Waals surface area (Å²) in [5.41, 5.74) is 2.97. The molecule has 3 rings (SSSR count). The first kappa shape index (κ1) is 13.9. The molecule has 2 aromatic rings. The van der Waals surface area contributed by atoms with Crippen molar-refractivity contribution in [3.05, 3.63) is 53.3 Å². The highest BCUT2D eigenvalue weighted by Crippen LogP contribution is 2.31. The highest BCUT2D eigenvalue weighted by Gasteiger charge is 2.27. The molecule has 5 heteroatoms. The summed E-state index contributed by atoms with van der Waals surface area (Å²) in [4.78, 5) is 18.3. The largest absolute Gasteiger partial charge is 0.359 e. The molecule has 108 valence electrons. The minimum absolute atomic E-state index is 0.0894. The van der Waals surface area contributed by atoms with Crippen molar-refractivity contribution in [2.24, 2.45) is 0 Å². The number of para-hydroxylation sites is 1. The monoisotopic (exact) mass is 301 g/mol. The fourth-order valence-corrected chi connectivity index (χ4v) is 2.86. The summed E-state index contributed by atoms with van der Waals surface area (Å²) < 4.78 is 0. The number of nitrogens with one attached hydrogen (secondary N) is 1. The van der Waals surface area contributed by atoms with E-state index < -0.39 is 0 Å². The van der Waals surface area contributed by atoms with Crippen LogP contribution in [-0.2, 0) is 11.2 Å². The third kappa shape index (κ3) is 2.85. The Morgan fingerprint density at radius 2 is 2.19 bits per heavy atom. The Labute approximate surface area is 128 Å². The minimum atomic E-state index is -0.0894. The van der Waals surface area contributed by atoms with Crippen LogP contribution in [-0.4, -0.2) is 23.5 Å². The number of carbonyl (C=O) groups excluding carboxylic acids is 1. The van der Waals surface area contributed by atoms with E-state index >= 15 is 0 Å². The molecule has 0 saturated heterocycles. The van der Waals surface area contributed by atoms with E-state index in [0.717, 1.165) is 12.1 Å². The third-order valence-electron chi connectivity index (χ3n) is 3.70. The first-order chi connectivity index (χ1) is 10.1. The minimum Gasteiger partial charge on any atom is -0.359 e. The van der Waals surface area contributed by atoms with E-state index in [0.29, 0.717) is 23.4 Å². The van der Waals surface area contributed by atoms with Crippen LogP contribution in [0.5, 0.6) is 0 Å². The molecule has 0 aliphatic carbocycles. The van der Waals surface area contributed by atoms with Crippen molar-refractivity contribution in [2.45, 2.75) is 19.4 Å². The van der Waals surface area contributed by atoms with Gasteiger partial charge < -0.3 is 10.2 Å². The summed E-state index contributed by atoms with van der Waals surface area (Å²) in [5.74, 6) is -0.0894. The number of nitrogens with zero attached hydrogens (tertiary/aromatic N) is 2. The van der Waals surface area contributed by atoms with Gasteiger partial charge >= 0.3 is 0 Å². The summed E-state index contributed by atoms with van der Waals surface area (Å²) in [6.45, 7) is 2.44. The highest BCUT2D eigenvalue weighted by atomic mass is 35.5. The number of pyridine rings is 1. The Bertz CT molecular complexity index is 674. The molecule has 1 aliphatic heterocycles. The zero-order valence-electron chi connectivity index (χ0n) is 11.7. The van der Waals surface area contributed by atoms with Gasteiger partial charge in [0.1, 0.15) is 0 Å². The van der Waals surface area contributed by atoms with Crippen LogP contribution in [0.15, 0.2) is 42.6 Å². The van der Waals surface area contributed by atoms with Crippen molar-refractivity contribution < 1.29 is 4.79 Å². The van der Waals surface area contributed by atoms with Gasteiger partial charge in [0, 0.05) is 17.9 Å². The van der Waals surface area contributed by atoms with Gasteiger partial charge in [0.05, 0.1) is 12.2 Å². The summed E-state index contributed by atoms with van der Waals surface area (Å²) in [6, 6.07) is 12.0. The second-order valence-electron chi connectivity index (χ2n) is 5.20. The molecule has 1 aliphatic rings. The molecule has 4 nitrogen and oxygen atoms in total. The topological polar surface area (TPSA) is 45.2 Å². The lowest BCUT2D eigenvalue weighted by Crippen LogP contribution is -2.37. The van der Waals surface area contributed by atoms with Crippen molar-refractivity contribution in [3.8, 4) is 0 Å². The van der Waals surface area contributed by atoms with Gasteiger partial charge in [-0.05, 0) is 37.1 Å². The zero-order valence-corrected chi connectivity index (χ0v) is 12.5. The third-order valence-corrected chi connectivity index (χ3v) is 4.00. The second kappa shape index (κ2) is 5.74. The van der Waals surface area contributed by atoms with Gasteiger partial charge in [-0.15, -0.1) is 0 Å². The zero-order chi connectivity index (χ0) is 14.8. The first-order valence-electron chi connectivity index (χ1n) is 6.90. The molecular formula is C16H16ClN3O. The quantitative estimate of drug-likeness (QED) is 0.886. The average molecular weight is 302 g/mol. The molecule has 1 N–H and O–H groups in total. The lowest BCUT2D eigenvalue weighted by molar-refractivity contribution is -0.115. The Balaban J connectivity index is 1.72. The Kier molecular flexibility index (Phi) is 3.80. The van der Waals surface area contributed by atoms with Gasteiger partial charge in [0.25, 0.3) is 0 Å². The van der Waals surface area contributed by atoms with Crippen LogP contribution in [0.3, 0.4) is 0 Å². The average Bonchev–Trinajstić information content (AvgIpc) is 2.78. The van der Waals surface area contributed by atoms with Crippen LogP contribution >= 0.6 is 11.6 Å². The predicted molar refractivity (Wildman–Crippen MR) is 84.8 cm³/mol.